The van der Waals surface area contributed by atoms with Crippen molar-refractivity contribution in [2.24, 2.45) is 0 Å². The van der Waals surface area contributed by atoms with Crippen LogP contribution < -0.4 is 10.6 Å². The van der Waals surface area contributed by atoms with Gasteiger partial charge in [-0.1, -0.05) is 0 Å². The maximum absolute atomic E-state index is 11.4. The molecule has 2 N–H and O–H groups in total. The molecule has 0 aromatic rings. The van der Waals surface area contributed by atoms with Crippen LogP contribution in [0.3, 0.4) is 0 Å². The van der Waals surface area contributed by atoms with Crippen LogP contribution in [0, 0.1) is 0 Å². The van der Waals surface area contributed by atoms with E-state index in [9.17, 15) is 9.59 Å². The maximum Gasteiger partial charge on any atom is 0.234 e. The SMILES string of the molecule is COCCNC(=O)CNC1CCN(C(C)=O)CC1. The number of methoxy groups -OCH3 is 1. The molecule has 104 valence electrons. The summed E-state index contributed by atoms with van der Waals surface area (Å²) in [7, 11) is 1.60. The third-order valence-electron chi connectivity index (χ3n) is 3.12. The van der Waals surface area contributed by atoms with Gasteiger partial charge in [0.1, 0.15) is 0 Å². The zero-order valence-electron chi connectivity index (χ0n) is 11.2. The van der Waals surface area contributed by atoms with Crippen LogP contribution in [0.25, 0.3) is 0 Å². The Morgan fingerprint density at radius 2 is 2.00 bits per heavy atom. The van der Waals surface area contributed by atoms with Gasteiger partial charge in [0.15, 0.2) is 0 Å². The van der Waals surface area contributed by atoms with Crippen LogP contribution in [0.1, 0.15) is 19.8 Å². The molecule has 1 rings (SSSR count). The van der Waals surface area contributed by atoms with Crippen molar-refractivity contribution < 1.29 is 14.3 Å². The molecule has 6 heteroatoms. The average molecular weight is 257 g/mol. The summed E-state index contributed by atoms with van der Waals surface area (Å²) in [5, 5.41) is 5.98. The number of ether oxygens (including phenoxy) is 1. The molecule has 1 heterocycles. The molecule has 0 bridgehead atoms. The molecule has 0 aromatic heterocycles. The number of amides is 2. The van der Waals surface area contributed by atoms with Crippen LogP contribution in [-0.2, 0) is 14.3 Å². The van der Waals surface area contributed by atoms with Gasteiger partial charge in [-0.2, -0.15) is 0 Å². The molecule has 0 aromatic carbocycles. The summed E-state index contributed by atoms with van der Waals surface area (Å²) in [6.07, 6.45) is 1.82. The van der Waals surface area contributed by atoms with E-state index in [0.29, 0.717) is 25.7 Å². The topological polar surface area (TPSA) is 70.7 Å². The first-order valence-electron chi connectivity index (χ1n) is 6.38. The van der Waals surface area contributed by atoms with E-state index in [4.69, 9.17) is 4.74 Å². The summed E-state index contributed by atoms with van der Waals surface area (Å²) in [6, 6.07) is 0.328. The van der Waals surface area contributed by atoms with Crippen LogP contribution in [0.5, 0.6) is 0 Å². The molecule has 0 spiro atoms. The number of hydrogen-bond donors (Lipinski definition) is 2. The highest BCUT2D eigenvalue weighted by Gasteiger charge is 2.20. The van der Waals surface area contributed by atoms with Crippen LogP contribution in [0.15, 0.2) is 0 Å². The smallest absolute Gasteiger partial charge is 0.234 e. The van der Waals surface area contributed by atoms with Crippen molar-refractivity contribution in [2.75, 3.05) is 39.9 Å². The molecule has 0 radical (unpaired) electrons. The zero-order valence-corrected chi connectivity index (χ0v) is 11.2. The van der Waals surface area contributed by atoms with Crippen LogP contribution in [-0.4, -0.2) is 62.7 Å². The van der Waals surface area contributed by atoms with Crippen molar-refractivity contribution in [2.45, 2.75) is 25.8 Å². The minimum atomic E-state index is -0.0129. The Kier molecular flexibility index (Phi) is 6.67. The van der Waals surface area contributed by atoms with Crippen molar-refractivity contribution in [1.82, 2.24) is 15.5 Å². The molecule has 1 aliphatic heterocycles. The quantitative estimate of drug-likeness (QED) is 0.620. The van der Waals surface area contributed by atoms with Crippen molar-refractivity contribution in [3.63, 3.8) is 0 Å². The Balaban J connectivity index is 2.10. The average Bonchev–Trinajstić information content (AvgIpc) is 2.37. The zero-order chi connectivity index (χ0) is 13.4. The highest BCUT2D eigenvalue weighted by atomic mass is 16.5. The largest absolute Gasteiger partial charge is 0.383 e. The Labute approximate surface area is 108 Å². The Morgan fingerprint density at radius 1 is 1.33 bits per heavy atom. The summed E-state index contributed by atoms with van der Waals surface area (Å²) < 4.78 is 4.85. The molecule has 6 nitrogen and oxygen atoms in total. The van der Waals surface area contributed by atoms with Gasteiger partial charge < -0.3 is 20.3 Å². The highest BCUT2D eigenvalue weighted by Crippen LogP contribution is 2.09. The fourth-order valence-corrected chi connectivity index (χ4v) is 1.99. The van der Waals surface area contributed by atoms with Gasteiger partial charge in [0.2, 0.25) is 11.8 Å². The van der Waals surface area contributed by atoms with Gasteiger partial charge in [0.05, 0.1) is 13.2 Å². The van der Waals surface area contributed by atoms with Gasteiger partial charge in [0, 0.05) is 39.7 Å². The molecule has 2 amide bonds. The fourth-order valence-electron chi connectivity index (χ4n) is 1.99. The number of nitrogens with one attached hydrogen (secondary N) is 2. The lowest BCUT2D eigenvalue weighted by molar-refractivity contribution is -0.130. The van der Waals surface area contributed by atoms with E-state index in [1.54, 1.807) is 14.0 Å². The predicted octanol–water partition coefficient (Wildman–Crippen LogP) is -0.650. The van der Waals surface area contributed by atoms with E-state index in [0.717, 1.165) is 25.9 Å². The van der Waals surface area contributed by atoms with Crippen molar-refractivity contribution in [3.05, 3.63) is 0 Å². The molecule has 0 atom stereocenters. The lowest BCUT2D eigenvalue weighted by Gasteiger charge is -2.31. The lowest BCUT2D eigenvalue weighted by Crippen LogP contribution is -2.47. The third kappa shape index (κ3) is 5.46. The van der Waals surface area contributed by atoms with E-state index in [1.165, 1.54) is 0 Å². The normalized spacial score (nSPS) is 16.7. The van der Waals surface area contributed by atoms with E-state index < -0.39 is 0 Å². The minimum absolute atomic E-state index is 0.0129. The summed E-state index contributed by atoms with van der Waals surface area (Å²) in [4.78, 5) is 24.4. The standard InChI is InChI=1S/C12H23N3O3/c1-10(16)15-6-3-11(4-7-15)14-9-12(17)13-5-8-18-2/h11,14H,3-9H2,1-2H3,(H,13,17). The monoisotopic (exact) mass is 257 g/mol. The second-order valence-corrected chi connectivity index (χ2v) is 4.50. The molecule has 0 saturated carbocycles. The molecule has 18 heavy (non-hydrogen) atoms. The Bertz CT molecular complexity index is 276. The first kappa shape index (κ1) is 14.9. The van der Waals surface area contributed by atoms with Gasteiger partial charge in [-0.3, -0.25) is 9.59 Å². The summed E-state index contributed by atoms with van der Waals surface area (Å²) in [5.74, 6) is 0.117. The number of rotatable bonds is 6. The Hall–Kier alpha value is -1.14. The van der Waals surface area contributed by atoms with E-state index in [2.05, 4.69) is 10.6 Å². The second kappa shape index (κ2) is 8.05. The van der Waals surface area contributed by atoms with Gasteiger partial charge in [-0.15, -0.1) is 0 Å². The molecular formula is C12H23N3O3. The van der Waals surface area contributed by atoms with E-state index >= 15 is 0 Å². The number of piperidine rings is 1. The first-order valence-corrected chi connectivity index (χ1v) is 6.38. The third-order valence-corrected chi connectivity index (χ3v) is 3.12. The molecule has 1 aliphatic rings. The summed E-state index contributed by atoms with van der Waals surface area (Å²) >= 11 is 0. The van der Waals surface area contributed by atoms with Gasteiger partial charge in [-0.25, -0.2) is 0 Å². The van der Waals surface area contributed by atoms with Crippen molar-refractivity contribution in [1.29, 1.82) is 0 Å². The lowest BCUT2D eigenvalue weighted by atomic mass is 10.1. The van der Waals surface area contributed by atoms with E-state index in [-0.39, 0.29) is 11.8 Å². The molecule has 0 aliphatic carbocycles. The first-order chi connectivity index (χ1) is 8.63. The van der Waals surface area contributed by atoms with Crippen molar-refractivity contribution in [3.8, 4) is 0 Å². The van der Waals surface area contributed by atoms with Crippen LogP contribution in [0.2, 0.25) is 0 Å². The fraction of sp³-hybridized carbons (Fsp3) is 0.833. The van der Waals surface area contributed by atoms with Crippen LogP contribution in [0.4, 0.5) is 0 Å². The van der Waals surface area contributed by atoms with Gasteiger partial charge in [-0.05, 0) is 12.8 Å². The Morgan fingerprint density at radius 3 is 2.56 bits per heavy atom. The second-order valence-electron chi connectivity index (χ2n) is 4.50. The van der Waals surface area contributed by atoms with Crippen molar-refractivity contribution >= 4 is 11.8 Å². The van der Waals surface area contributed by atoms with Gasteiger partial charge in [0.25, 0.3) is 0 Å². The van der Waals surface area contributed by atoms with Crippen LogP contribution >= 0.6 is 0 Å². The number of hydrogen-bond acceptors (Lipinski definition) is 4. The number of carbonyl (C=O) groups excluding carboxylic acids is 2. The molecular weight excluding hydrogens is 234 g/mol. The maximum atomic E-state index is 11.4. The predicted molar refractivity (Wildman–Crippen MR) is 68.2 cm³/mol. The number of nitrogens with zero attached hydrogens (tertiary/aromatic N) is 1. The minimum Gasteiger partial charge on any atom is -0.383 e. The van der Waals surface area contributed by atoms with Gasteiger partial charge >= 0.3 is 0 Å². The summed E-state index contributed by atoms with van der Waals surface area (Å²) in [5.41, 5.74) is 0. The highest BCUT2D eigenvalue weighted by molar-refractivity contribution is 5.78. The molecule has 1 saturated heterocycles. The summed E-state index contributed by atoms with van der Waals surface area (Å²) in [6.45, 7) is 4.55. The van der Waals surface area contributed by atoms with E-state index in [1.807, 2.05) is 4.90 Å². The molecule has 0 unspecified atom stereocenters. The number of carbonyl (C=O) groups is 2. The molecule has 1 fully saturated rings. The number of likely N-dealkylation sites (tertiary alicyclic amines) is 1.